The summed E-state index contributed by atoms with van der Waals surface area (Å²) >= 11 is 3.41. The molecule has 2 atom stereocenters. The number of ether oxygens (including phenoxy) is 1. The van der Waals surface area contributed by atoms with E-state index < -0.39 is 0 Å². The third kappa shape index (κ3) is 3.68. The molecule has 2 N–H and O–H groups in total. The van der Waals surface area contributed by atoms with Crippen LogP contribution >= 0.6 is 15.9 Å². The highest BCUT2D eigenvalue weighted by Crippen LogP contribution is 2.44. The summed E-state index contributed by atoms with van der Waals surface area (Å²) < 4.78 is 6.15. The Balaban J connectivity index is 2.04. The van der Waals surface area contributed by atoms with Crippen LogP contribution in [0, 0.1) is 5.92 Å². The SMILES string of the molecule is CCCC1CC(=O)C2=C(C1)NC(C)=CC2c1cc(Br)c(O)c(OCC)c1. The normalized spacial score (nSPS) is 22.6. The second-order valence-corrected chi connectivity index (χ2v) is 7.97. The van der Waals surface area contributed by atoms with E-state index in [9.17, 15) is 9.90 Å². The predicted molar refractivity (Wildman–Crippen MR) is 106 cm³/mol. The van der Waals surface area contributed by atoms with E-state index in [1.165, 1.54) is 0 Å². The number of hydrogen-bond donors (Lipinski definition) is 2. The van der Waals surface area contributed by atoms with Crippen molar-refractivity contribution in [3.8, 4) is 11.5 Å². The van der Waals surface area contributed by atoms with Gasteiger partial charge in [0, 0.05) is 29.3 Å². The van der Waals surface area contributed by atoms with Crippen molar-refractivity contribution in [2.75, 3.05) is 6.61 Å². The molecule has 1 aliphatic heterocycles. The van der Waals surface area contributed by atoms with Gasteiger partial charge in [0.15, 0.2) is 17.3 Å². The molecule has 5 heteroatoms. The first-order chi connectivity index (χ1) is 12.4. The van der Waals surface area contributed by atoms with Crippen molar-refractivity contribution in [2.45, 2.75) is 52.4 Å². The molecular formula is C21H26BrNO3. The molecule has 1 aromatic rings. The third-order valence-corrected chi connectivity index (χ3v) is 5.68. The van der Waals surface area contributed by atoms with Crippen molar-refractivity contribution in [3.63, 3.8) is 0 Å². The molecule has 0 amide bonds. The van der Waals surface area contributed by atoms with Gasteiger partial charge in [0.25, 0.3) is 0 Å². The Labute approximate surface area is 163 Å². The number of hydrogen-bond acceptors (Lipinski definition) is 4. The number of benzene rings is 1. The number of phenolic OH excluding ortho intramolecular Hbond substituents is 1. The molecule has 0 radical (unpaired) electrons. The molecular weight excluding hydrogens is 394 g/mol. The number of dihydropyridines is 1. The van der Waals surface area contributed by atoms with Gasteiger partial charge in [-0.1, -0.05) is 19.4 Å². The number of carbonyl (C=O) groups is 1. The number of nitrogens with one attached hydrogen (secondary N) is 1. The van der Waals surface area contributed by atoms with Gasteiger partial charge in [0.05, 0.1) is 11.1 Å². The van der Waals surface area contributed by atoms with Gasteiger partial charge in [-0.05, 0) is 66.2 Å². The lowest BCUT2D eigenvalue weighted by Crippen LogP contribution is -2.32. The number of allylic oxidation sites excluding steroid dienone is 4. The number of rotatable bonds is 5. The van der Waals surface area contributed by atoms with Crippen LogP contribution in [0.1, 0.15) is 57.9 Å². The number of Topliss-reactive ketones (excluding diaryl/α,β-unsaturated/α-hetero) is 1. The first-order valence-electron chi connectivity index (χ1n) is 9.31. The average molecular weight is 420 g/mol. The summed E-state index contributed by atoms with van der Waals surface area (Å²) in [6.45, 7) is 6.55. The Morgan fingerprint density at radius 1 is 1.31 bits per heavy atom. The van der Waals surface area contributed by atoms with Gasteiger partial charge in [-0.15, -0.1) is 0 Å². The van der Waals surface area contributed by atoms with Gasteiger partial charge >= 0.3 is 0 Å². The van der Waals surface area contributed by atoms with Crippen molar-refractivity contribution in [2.24, 2.45) is 5.92 Å². The lowest BCUT2D eigenvalue weighted by molar-refractivity contribution is -0.117. The molecule has 0 spiro atoms. The molecule has 0 saturated heterocycles. The molecule has 2 aliphatic rings. The maximum Gasteiger partial charge on any atom is 0.172 e. The van der Waals surface area contributed by atoms with Gasteiger partial charge in [-0.2, -0.15) is 0 Å². The zero-order valence-electron chi connectivity index (χ0n) is 15.6. The van der Waals surface area contributed by atoms with Crippen molar-refractivity contribution in [1.29, 1.82) is 0 Å². The molecule has 0 saturated carbocycles. The molecule has 140 valence electrons. The highest BCUT2D eigenvalue weighted by atomic mass is 79.9. The van der Waals surface area contributed by atoms with E-state index in [-0.39, 0.29) is 17.5 Å². The minimum Gasteiger partial charge on any atom is -0.503 e. The van der Waals surface area contributed by atoms with E-state index >= 15 is 0 Å². The lowest BCUT2D eigenvalue weighted by Gasteiger charge is -2.34. The van der Waals surface area contributed by atoms with Crippen LogP contribution in [0.5, 0.6) is 11.5 Å². The number of halogens is 1. The fourth-order valence-corrected chi connectivity index (χ4v) is 4.48. The average Bonchev–Trinajstić information content (AvgIpc) is 2.58. The van der Waals surface area contributed by atoms with Crippen LogP contribution in [0.15, 0.2) is 39.6 Å². The van der Waals surface area contributed by atoms with E-state index in [0.29, 0.717) is 29.2 Å². The highest BCUT2D eigenvalue weighted by Gasteiger charge is 2.34. The van der Waals surface area contributed by atoms with Crippen LogP contribution in [-0.4, -0.2) is 17.5 Å². The Morgan fingerprint density at radius 3 is 2.77 bits per heavy atom. The summed E-state index contributed by atoms with van der Waals surface area (Å²) in [5, 5.41) is 13.6. The molecule has 1 aliphatic carbocycles. The molecule has 1 aromatic carbocycles. The summed E-state index contributed by atoms with van der Waals surface area (Å²) in [7, 11) is 0. The summed E-state index contributed by atoms with van der Waals surface area (Å²) in [5.74, 6) is 1.08. The molecule has 2 unspecified atom stereocenters. The monoisotopic (exact) mass is 419 g/mol. The number of ketones is 1. The largest absolute Gasteiger partial charge is 0.503 e. The van der Waals surface area contributed by atoms with Gasteiger partial charge in [0.1, 0.15) is 0 Å². The van der Waals surface area contributed by atoms with Crippen LogP contribution in [0.3, 0.4) is 0 Å². The molecule has 4 nitrogen and oxygen atoms in total. The van der Waals surface area contributed by atoms with E-state index in [0.717, 1.165) is 41.8 Å². The molecule has 0 bridgehead atoms. The standard InChI is InChI=1S/C21H26BrNO3/c1-4-6-13-8-17-20(18(24)9-13)15(7-12(3)23-17)14-10-16(22)21(25)19(11-14)26-5-2/h7,10-11,13,15,23,25H,4-6,8-9H2,1-3H3. The van der Waals surface area contributed by atoms with Crippen LogP contribution in [0.25, 0.3) is 0 Å². The quantitative estimate of drug-likeness (QED) is 0.690. The third-order valence-electron chi connectivity index (χ3n) is 5.07. The first kappa shape index (κ1) is 19.0. The second kappa shape index (κ2) is 7.87. The van der Waals surface area contributed by atoms with Crippen LogP contribution in [0.2, 0.25) is 0 Å². The maximum absolute atomic E-state index is 12.9. The fourth-order valence-electron chi connectivity index (χ4n) is 4.02. The van der Waals surface area contributed by atoms with Gasteiger partial charge in [-0.3, -0.25) is 4.79 Å². The minimum atomic E-state index is -0.113. The van der Waals surface area contributed by atoms with Gasteiger partial charge in [-0.25, -0.2) is 0 Å². The number of aromatic hydroxyl groups is 1. The molecule has 1 heterocycles. The summed E-state index contributed by atoms with van der Waals surface area (Å²) in [6, 6.07) is 3.73. The van der Waals surface area contributed by atoms with Crippen LogP contribution < -0.4 is 10.1 Å². The highest BCUT2D eigenvalue weighted by molar-refractivity contribution is 9.10. The van der Waals surface area contributed by atoms with Crippen molar-refractivity contribution >= 4 is 21.7 Å². The molecule has 26 heavy (non-hydrogen) atoms. The Bertz CT molecular complexity index is 782. The summed E-state index contributed by atoms with van der Waals surface area (Å²) in [4.78, 5) is 12.9. The second-order valence-electron chi connectivity index (χ2n) is 7.11. The maximum atomic E-state index is 12.9. The number of carbonyl (C=O) groups excluding carboxylic acids is 1. The first-order valence-corrected chi connectivity index (χ1v) is 10.1. The van der Waals surface area contributed by atoms with E-state index in [4.69, 9.17) is 4.74 Å². The molecule has 3 rings (SSSR count). The van der Waals surface area contributed by atoms with E-state index in [1.54, 1.807) is 0 Å². The van der Waals surface area contributed by atoms with Crippen molar-refractivity contribution in [1.82, 2.24) is 5.32 Å². The van der Waals surface area contributed by atoms with Crippen LogP contribution in [-0.2, 0) is 4.79 Å². The lowest BCUT2D eigenvalue weighted by atomic mass is 9.75. The van der Waals surface area contributed by atoms with Crippen molar-refractivity contribution in [3.05, 3.63) is 45.2 Å². The Kier molecular flexibility index (Phi) is 5.76. The zero-order valence-corrected chi connectivity index (χ0v) is 17.1. The Hall–Kier alpha value is -1.75. The smallest absolute Gasteiger partial charge is 0.172 e. The predicted octanol–water partition coefficient (Wildman–Crippen LogP) is 5.18. The van der Waals surface area contributed by atoms with E-state index in [2.05, 4.69) is 34.2 Å². The van der Waals surface area contributed by atoms with Crippen LogP contribution in [0.4, 0.5) is 0 Å². The topological polar surface area (TPSA) is 58.6 Å². The fraction of sp³-hybridized carbons (Fsp3) is 0.476. The van der Waals surface area contributed by atoms with Gasteiger partial charge < -0.3 is 15.2 Å². The zero-order chi connectivity index (χ0) is 18.8. The van der Waals surface area contributed by atoms with Crippen molar-refractivity contribution < 1.29 is 14.6 Å². The van der Waals surface area contributed by atoms with E-state index in [1.807, 2.05) is 26.0 Å². The van der Waals surface area contributed by atoms with Gasteiger partial charge in [0.2, 0.25) is 0 Å². The molecule has 0 fully saturated rings. The Morgan fingerprint density at radius 2 is 2.08 bits per heavy atom. The number of phenols is 1. The summed E-state index contributed by atoms with van der Waals surface area (Å²) in [5.41, 5.74) is 3.93. The summed E-state index contributed by atoms with van der Waals surface area (Å²) in [6.07, 6.45) is 5.81. The molecule has 0 aromatic heterocycles. The minimum absolute atomic E-state index is 0.0948.